The molecular weight excluding hydrogens is 374 g/mol. The molecule has 0 bridgehead atoms. The van der Waals surface area contributed by atoms with E-state index in [1.165, 1.54) is 0 Å². The maximum Gasteiger partial charge on any atom is 0.303 e. The van der Waals surface area contributed by atoms with Gasteiger partial charge in [0.1, 0.15) is 5.01 Å². The zero-order valence-electron chi connectivity index (χ0n) is 16.0. The van der Waals surface area contributed by atoms with E-state index in [1.54, 1.807) is 18.4 Å². The summed E-state index contributed by atoms with van der Waals surface area (Å²) in [6, 6.07) is 13.8. The Labute approximate surface area is 168 Å². The van der Waals surface area contributed by atoms with Crippen molar-refractivity contribution in [3.8, 4) is 11.5 Å². The standard InChI is InChI=1S/C22H23NO4S/c1-3-27-18-11-6-8-15(21(18)26-2)14-16(9-7-13-20(24)25)22-23-17-10-4-5-12-19(17)28-22/h4-6,8,10-12,14H,3,7,9,13H2,1-2H3,(H,24,25)/b16-14+. The number of hydrogen-bond donors (Lipinski definition) is 1. The summed E-state index contributed by atoms with van der Waals surface area (Å²) in [4.78, 5) is 15.7. The van der Waals surface area contributed by atoms with Crippen molar-refractivity contribution in [1.82, 2.24) is 4.98 Å². The molecule has 0 saturated heterocycles. The number of hydrogen-bond acceptors (Lipinski definition) is 5. The molecule has 0 fully saturated rings. The Morgan fingerprint density at radius 3 is 2.71 bits per heavy atom. The molecule has 5 nitrogen and oxygen atoms in total. The smallest absolute Gasteiger partial charge is 0.303 e. The predicted octanol–water partition coefficient (Wildman–Crippen LogP) is 5.50. The zero-order valence-corrected chi connectivity index (χ0v) is 16.8. The van der Waals surface area contributed by atoms with Crippen molar-refractivity contribution in [2.24, 2.45) is 0 Å². The summed E-state index contributed by atoms with van der Waals surface area (Å²) in [5, 5.41) is 9.91. The highest BCUT2D eigenvalue weighted by molar-refractivity contribution is 7.19. The molecule has 3 aromatic rings. The van der Waals surface area contributed by atoms with Gasteiger partial charge < -0.3 is 14.6 Å². The predicted molar refractivity (Wildman–Crippen MR) is 113 cm³/mol. The second kappa shape index (κ2) is 9.37. The normalized spacial score (nSPS) is 11.6. The molecule has 0 amide bonds. The molecule has 1 aromatic heterocycles. The first-order valence-corrected chi connectivity index (χ1v) is 10.0. The van der Waals surface area contributed by atoms with Gasteiger partial charge in [0, 0.05) is 12.0 Å². The molecule has 0 spiro atoms. The lowest BCUT2D eigenvalue weighted by Crippen LogP contribution is -1.97. The van der Waals surface area contributed by atoms with Crippen LogP contribution in [0.3, 0.4) is 0 Å². The SMILES string of the molecule is CCOc1cccc(/C=C(\CCCC(=O)O)c2nc3ccccc3s2)c1OC. The summed E-state index contributed by atoms with van der Waals surface area (Å²) in [7, 11) is 1.62. The number of carboxylic acid groups (broad SMARTS) is 1. The van der Waals surface area contributed by atoms with Crippen molar-refractivity contribution < 1.29 is 19.4 Å². The minimum absolute atomic E-state index is 0.123. The maximum absolute atomic E-state index is 11.0. The number of aromatic nitrogens is 1. The molecule has 28 heavy (non-hydrogen) atoms. The van der Waals surface area contributed by atoms with Gasteiger partial charge in [0.25, 0.3) is 0 Å². The highest BCUT2D eigenvalue weighted by Gasteiger charge is 2.13. The largest absolute Gasteiger partial charge is 0.492 e. The molecule has 1 N–H and O–H groups in total. The maximum atomic E-state index is 11.0. The van der Waals surface area contributed by atoms with Gasteiger partial charge in [-0.25, -0.2) is 4.98 Å². The molecule has 0 radical (unpaired) electrons. The first-order chi connectivity index (χ1) is 13.6. The zero-order chi connectivity index (χ0) is 19.9. The van der Waals surface area contributed by atoms with Crippen LogP contribution in [0.25, 0.3) is 21.9 Å². The lowest BCUT2D eigenvalue weighted by Gasteiger charge is -2.12. The lowest BCUT2D eigenvalue weighted by atomic mass is 10.0. The molecule has 1 heterocycles. The number of aliphatic carboxylic acids is 1. The summed E-state index contributed by atoms with van der Waals surface area (Å²) in [5.74, 6) is 0.564. The Morgan fingerprint density at radius 2 is 2.00 bits per heavy atom. The fourth-order valence-corrected chi connectivity index (χ4v) is 4.01. The van der Waals surface area contributed by atoms with Gasteiger partial charge in [-0.1, -0.05) is 24.3 Å². The van der Waals surface area contributed by atoms with Crippen molar-refractivity contribution in [3.63, 3.8) is 0 Å². The fourth-order valence-electron chi connectivity index (χ4n) is 3.00. The quantitative estimate of drug-likeness (QED) is 0.516. The number of carbonyl (C=O) groups is 1. The molecule has 0 aliphatic carbocycles. The van der Waals surface area contributed by atoms with Crippen molar-refractivity contribution in [2.75, 3.05) is 13.7 Å². The fraction of sp³-hybridized carbons (Fsp3) is 0.273. The molecule has 2 aromatic carbocycles. The third-order valence-electron chi connectivity index (χ3n) is 4.25. The van der Waals surface area contributed by atoms with Crippen LogP contribution >= 0.6 is 11.3 Å². The highest BCUT2D eigenvalue weighted by Crippen LogP contribution is 2.36. The Hall–Kier alpha value is -2.86. The number of ether oxygens (including phenoxy) is 2. The van der Waals surface area contributed by atoms with E-state index in [-0.39, 0.29) is 6.42 Å². The molecule has 0 aliphatic rings. The van der Waals surface area contributed by atoms with Crippen LogP contribution in [0.4, 0.5) is 0 Å². The van der Waals surface area contributed by atoms with Gasteiger partial charge in [-0.3, -0.25) is 4.79 Å². The van der Waals surface area contributed by atoms with Crippen molar-refractivity contribution >= 4 is 39.2 Å². The van der Waals surface area contributed by atoms with E-state index in [4.69, 9.17) is 19.6 Å². The Balaban J connectivity index is 2.03. The number of allylic oxidation sites excluding steroid dienone is 1. The minimum Gasteiger partial charge on any atom is -0.492 e. The third kappa shape index (κ3) is 4.70. The molecule has 146 valence electrons. The summed E-state index contributed by atoms with van der Waals surface area (Å²) in [6.07, 6.45) is 3.32. The van der Waals surface area contributed by atoms with Gasteiger partial charge in [-0.2, -0.15) is 0 Å². The molecule has 0 aliphatic heterocycles. The second-order valence-corrected chi connectivity index (χ2v) is 7.25. The molecular formula is C22H23NO4S. The van der Waals surface area contributed by atoms with E-state index in [9.17, 15) is 4.79 Å². The highest BCUT2D eigenvalue weighted by atomic mass is 32.1. The Morgan fingerprint density at radius 1 is 1.18 bits per heavy atom. The summed E-state index contributed by atoms with van der Waals surface area (Å²) < 4.78 is 12.4. The minimum atomic E-state index is -0.792. The first kappa shape index (κ1) is 19.9. The van der Waals surface area contributed by atoms with Crippen molar-refractivity contribution in [2.45, 2.75) is 26.2 Å². The van der Waals surface area contributed by atoms with Crippen LogP contribution in [-0.4, -0.2) is 29.8 Å². The number of fused-ring (bicyclic) bond motifs is 1. The number of nitrogens with zero attached hydrogens (tertiary/aromatic N) is 1. The van der Waals surface area contributed by atoms with E-state index in [1.807, 2.05) is 55.5 Å². The summed E-state index contributed by atoms with van der Waals surface area (Å²) in [6.45, 7) is 2.48. The van der Waals surface area contributed by atoms with Gasteiger partial charge in [-0.15, -0.1) is 11.3 Å². The molecule has 6 heteroatoms. The second-order valence-electron chi connectivity index (χ2n) is 6.22. The monoisotopic (exact) mass is 397 g/mol. The van der Waals surface area contributed by atoms with E-state index in [0.29, 0.717) is 30.9 Å². The Kier molecular flexibility index (Phi) is 6.66. The van der Waals surface area contributed by atoms with Crippen LogP contribution in [0, 0.1) is 0 Å². The number of para-hydroxylation sites is 2. The van der Waals surface area contributed by atoms with Crippen LogP contribution in [0.15, 0.2) is 42.5 Å². The Bertz CT molecular complexity index is 960. The van der Waals surface area contributed by atoms with Gasteiger partial charge in [0.05, 0.1) is 23.9 Å². The van der Waals surface area contributed by atoms with Crippen molar-refractivity contribution in [1.29, 1.82) is 0 Å². The average Bonchev–Trinajstić information content (AvgIpc) is 3.11. The molecule has 0 saturated carbocycles. The van der Waals surface area contributed by atoms with Crippen LogP contribution < -0.4 is 9.47 Å². The van der Waals surface area contributed by atoms with E-state index < -0.39 is 5.97 Å². The summed E-state index contributed by atoms with van der Waals surface area (Å²) in [5.41, 5.74) is 2.83. The van der Waals surface area contributed by atoms with Crippen LogP contribution in [0.1, 0.15) is 36.8 Å². The van der Waals surface area contributed by atoms with Gasteiger partial charge in [0.15, 0.2) is 11.5 Å². The van der Waals surface area contributed by atoms with E-state index in [0.717, 1.165) is 26.4 Å². The number of benzene rings is 2. The summed E-state index contributed by atoms with van der Waals surface area (Å²) >= 11 is 1.61. The van der Waals surface area contributed by atoms with Crippen LogP contribution in [-0.2, 0) is 4.79 Å². The van der Waals surface area contributed by atoms with Crippen LogP contribution in [0.2, 0.25) is 0 Å². The van der Waals surface area contributed by atoms with Gasteiger partial charge >= 0.3 is 5.97 Å². The van der Waals surface area contributed by atoms with Crippen molar-refractivity contribution in [3.05, 3.63) is 53.0 Å². The third-order valence-corrected chi connectivity index (χ3v) is 5.36. The topological polar surface area (TPSA) is 68.7 Å². The number of carboxylic acids is 1. The number of rotatable bonds is 9. The lowest BCUT2D eigenvalue weighted by molar-refractivity contribution is -0.137. The van der Waals surface area contributed by atoms with Gasteiger partial charge in [-0.05, 0) is 49.6 Å². The average molecular weight is 397 g/mol. The van der Waals surface area contributed by atoms with Crippen LogP contribution in [0.5, 0.6) is 11.5 Å². The van der Waals surface area contributed by atoms with E-state index >= 15 is 0 Å². The number of methoxy groups -OCH3 is 1. The first-order valence-electron chi connectivity index (χ1n) is 9.20. The molecule has 0 atom stereocenters. The van der Waals surface area contributed by atoms with E-state index in [2.05, 4.69) is 0 Å². The molecule has 0 unspecified atom stereocenters. The number of thiazole rings is 1. The van der Waals surface area contributed by atoms with Gasteiger partial charge in [0.2, 0.25) is 0 Å². The molecule has 3 rings (SSSR count).